The Hall–Kier alpha value is -0.190. The SMILES string of the molecule is CC1CN2CCCC2CN1CC1(CC(N)=S)CC1. The third-order valence-corrected chi connectivity index (χ3v) is 5.26. The van der Waals surface area contributed by atoms with Crippen molar-refractivity contribution < 1.29 is 0 Å². The summed E-state index contributed by atoms with van der Waals surface area (Å²) in [6.45, 7) is 7.44. The van der Waals surface area contributed by atoms with E-state index in [1.165, 1.54) is 51.9 Å². The van der Waals surface area contributed by atoms with Crippen LogP contribution in [0.4, 0.5) is 0 Å². The molecule has 0 spiro atoms. The molecule has 3 fully saturated rings. The van der Waals surface area contributed by atoms with E-state index in [9.17, 15) is 0 Å². The van der Waals surface area contributed by atoms with Gasteiger partial charge in [0.25, 0.3) is 0 Å². The zero-order valence-electron chi connectivity index (χ0n) is 11.4. The Balaban J connectivity index is 1.60. The minimum atomic E-state index is 0.445. The van der Waals surface area contributed by atoms with Crippen molar-refractivity contribution in [2.24, 2.45) is 11.1 Å². The molecule has 3 aliphatic rings. The van der Waals surface area contributed by atoms with Crippen LogP contribution in [0.25, 0.3) is 0 Å². The first-order valence-corrected chi connectivity index (χ1v) is 7.75. The van der Waals surface area contributed by atoms with Crippen LogP contribution in [0, 0.1) is 5.41 Å². The maximum atomic E-state index is 5.75. The second-order valence-corrected chi connectivity index (χ2v) is 7.24. The molecular weight excluding hydrogens is 242 g/mol. The topological polar surface area (TPSA) is 32.5 Å². The molecule has 2 heterocycles. The van der Waals surface area contributed by atoms with Gasteiger partial charge in [0.1, 0.15) is 0 Å². The van der Waals surface area contributed by atoms with Gasteiger partial charge in [0.15, 0.2) is 0 Å². The van der Waals surface area contributed by atoms with E-state index in [0.29, 0.717) is 16.4 Å². The number of fused-ring (bicyclic) bond motifs is 1. The Morgan fingerprint density at radius 2 is 2.17 bits per heavy atom. The molecule has 0 bridgehead atoms. The molecule has 0 aromatic carbocycles. The third kappa shape index (κ3) is 2.56. The predicted octanol–water partition coefficient (Wildman–Crippen LogP) is 1.61. The van der Waals surface area contributed by atoms with Gasteiger partial charge in [0.05, 0.1) is 4.99 Å². The molecule has 18 heavy (non-hydrogen) atoms. The standard InChI is InChI=1S/C14H25N3S/c1-11-8-16-6-2-3-12(16)9-17(11)10-14(4-5-14)7-13(15)18/h11-12H,2-10H2,1H3,(H2,15,18). The number of hydrogen-bond donors (Lipinski definition) is 1. The molecular formula is C14H25N3S. The van der Waals surface area contributed by atoms with Crippen molar-refractivity contribution in [3.8, 4) is 0 Å². The van der Waals surface area contributed by atoms with Crippen molar-refractivity contribution in [3.05, 3.63) is 0 Å². The first-order valence-electron chi connectivity index (χ1n) is 7.34. The van der Waals surface area contributed by atoms with E-state index in [1.54, 1.807) is 0 Å². The maximum absolute atomic E-state index is 5.75. The quantitative estimate of drug-likeness (QED) is 0.785. The van der Waals surface area contributed by atoms with Crippen molar-refractivity contribution >= 4 is 17.2 Å². The molecule has 0 aromatic heterocycles. The zero-order chi connectivity index (χ0) is 12.8. The van der Waals surface area contributed by atoms with Gasteiger partial charge in [-0.25, -0.2) is 0 Å². The molecule has 2 N–H and O–H groups in total. The lowest BCUT2D eigenvalue weighted by Crippen LogP contribution is -2.56. The highest BCUT2D eigenvalue weighted by Gasteiger charge is 2.46. The Kier molecular flexibility index (Phi) is 3.37. The Morgan fingerprint density at radius 3 is 2.83 bits per heavy atom. The van der Waals surface area contributed by atoms with Crippen molar-refractivity contribution in [2.75, 3.05) is 26.2 Å². The lowest BCUT2D eigenvalue weighted by Gasteiger charge is -2.43. The highest BCUT2D eigenvalue weighted by atomic mass is 32.1. The van der Waals surface area contributed by atoms with Crippen LogP contribution in [0.15, 0.2) is 0 Å². The Labute approximate surface area is 116 Å². The van der Waals surface area contributed by atoms with E-state index in [0.717, 1.165) is 12.5 Å². The van der Waals surface area contributed by atoms with Crippen LogP contribution >= 0.6 is 12.2 Å². The minimum Gasteiger partial charge on any atom is -0.393 e. The second-order valence-electron chi connectivity index (χ2n) is 6.71. The first-order chi connectivity index (χ1) is 8.58. The Bertz CT molecular complexity index is 340. The van der Waals surface area contributed by atoms with E-state index in [4.69, 9.17) is 18.0 Å². The van der Waals surface area contributed by atoms with Crippen LogP contribution in [-0.2, 0) is 0 Å². The number of thiocarbonyl (C=S) groups is 1. The van der Waals surface area contributed by atoms with Gasteiger partial charge in [0, 0.05) is 38.1 Å². The summed E-state index contributed by atoms with van der Waals surface area (Å²) in [4.78, 5) is 6.10. The number of piperazine rings is 1. The van der Waals surface area contributed by atoms with Gasteiger partial charge in [-0.15, -0.1) is 0 Å². The van der Waals surface area contributed by atoms with Crippen molar-refractivity contribution in [2.45, 2.75) is 51.1 Å². The highest BCUT2D eigenvalue weighted by molar-refractivity contribution is 7.80. The summed E-state index contributed by atoms with van der Waals surface area (Å²) < 4.78 is 0. The summed E-state index contributed by atoms with van der Waals surface area (Å²) in [5.74, 6) is 0. The molecule has 2 saturated heterocycles. The average molecular weight is 267 g/mol. The van der Waals surface area contributed by atoms with Crippen molar-refractivity contribution in [3.63, 3.8) is 0 Å². The molecule has 1 saturated carbocycles. The summed E-state index contributed by atoms with van der Waals surface area (Å²) in [6, 6.07) is 1.52. The van der Waals surface area contributed by atoms with Crippen LogP contribution in [-0.4, -0.2) is 53.1 Å². The van der Waals surface area contributed by atoms with Gasteiger partial charge in [-0.05, 0) is 44.6 Å². The molecule has 4 heteroatoms. The molecule has 3 nitrogen and oxygen atoms in total. The van der Waals surface area contributed by atoms with Gasteiger partial charge in [-0.2, -0.15) is 0 Å². The van der Waals surface area contributed by atoms with E-state index in [-0.39, 0.29) is 0 Å². The van der Waals surface area contributed by atoms with E-state index in [1.807, 2.05) is 0 Å². The molecule has 2 unspecified atom stereocenters. The number of rotatable bonds is 4. The zero-order valence-corrected chi connectivity index (χ0v) is 12.2. The molecule has 3 rings (SSSR count). The fourth-order valence-corrected chi connectivity index (χ4v) is 4.14. The first kappa shape index (κ1) is 12.8. The number of hydrogen-bond acceptors (Lipinski definition) is 3. The van der Waals surface area contributed by atoms with E-state index in [2.05, 4.69) is 16.7 Å². The largest absolute Gasteiger partial charge is 0.393 e. The molecule has 2 aliphatic heterocycles. The third-order valence-electron chi connectivity index (χ3n) is 5.11. The van der Waals surface area contributed by atoms with E-state index < -0.39 is 0 Å². The Morgan fingerprint density at radius 1 is 1.39 bits per heavy atom. The van der Waals surface area contributed by atoms with Gasteiger partial charge < -0.3 is 5.73 Å². The van der Waals surface area contributed by atoms with Crippen molar-refractivity contribution in [1.82, 2.24) is 9.80 Å². The predicted molar refractivity (Wildman–Crippen MR) is 78.7 cm³/mol. The second kappa shape index (κ2) is 4.73. The molecule has 2 atom stereocenters. The van der Waals surface area contributed by atoms with Gasteiger partial charge in [-0.1, -0.05) is 12.2 Å². The summed E-state index contributed by atoms with van der Waals surface area (Å²) >= 11 is 5.11. The van der Waals surface area contributed by atoms with Crippen LogP contribution < -0.4 is 5.73 Å². The fraction of sp³-hybridized carbons (Fsp3) is 0.929. The van der Waals surface area contributed by atoms with Crippen LogP contribution in [0.2, 0.25) is 0 Å². The van der Waals surface area contributed by atoms with Crippen LogP contribution in [0.3, 0.4) is 0 Å². The summed E-state index contributed by atoms with van der Waals surface area (Å²) in [6.07, 6.45) is 6.39. The summed E-state index contributed by atoms with van der Waals surface area (Å²) in [5.41, 5.74) is 6.19. The van der Waals surface area contributed by atoms with Gasteiger partial charge in [0.2, 0.25) is 0 Å². The van der Waals surface area contributed by atoms with Gasteiger partial charge >= 0.3 is 0 Å². The normalized spacial score (nSPS) is 35.4. The smallest absolute Gasteiger partial charge is 0.0733 e. The number of nitrogens with two attached hydrogens (primary N) is 1. The molecule has 0 radical (unpaired) electrons. The average Bonchev–Trinajstić information content (AvgIpc) is 2.86. The fourth-order valence-electron chi connectivity index (χ4n) is 3.84. The summed E-state index contributed by atoms with van der Waals surface area (Å²) in [5, 5.41) is 0. The maximum Gasteiger partial charge on any atom is 0.0733 e. The molecule has 1 aliphatic carbocycles. The van der Waals surface area contributed by atoms with E-state index >= 15 is 0 Å². The lowest BCUT2D eigenvalue weighted by molar-refractivity contribution is 0.0454. The monoisotopic (exact) mass is 267 g/mol. The van der Waals surface area contributed by atoms with Crippen LogP contribution in [0.1, 0.15) is 39.0 Å². The molecule has 0 amide bonds. The molecule has 102 valence electrons. The van der Waals surface area contributed by atoms with Gasteiger partial charge in [-0.3, -0.25) is 9.80 Å². The molecule has 0 aromatic rings. The minimum absolute atomic E-state index is 0.445. The summed E-state index contributed by atoms with van der Waals surface area (Å²) in [7, 11) is 0. The lowest BCUT2D eigenvalue weighted by atomic mass is 9.98. The van der Waals surface area contributed by atoms with Crippen molar-refractivity contribution in [1.29, 1.82) is 0 Å². The highest BCUT2D eigenvalue weighted by Crippen LogP contribution is 2.50. The number of nitrogens with zero attached hydrogens (tertiary/aromatic N) is 2. The van der Waals surface area contributed by atoms with Crippen LogP contribution in [0.5, 0.6) is 0 Å².